The largest absolute Gasteiger partial charge is 4.00 e. The Morgan fingerprint density at radius 2 is 0.600 bits per heavy atom. The van der Waals surface area contributed by atoms with Crippen molar-refractivity contribution in [2.24, 2.45) is 0 Å². The predicted molar refractivity (Wildman–Crippen MR) is 7.81 cm³/mol. The molecule has 5 heteroatoms. The summed E-state index contributed by atoms with van der Waals surface area (Å²) < 4.78 is 0. The maximum atomic E-state index is 0. The van der Waals surface area contributed by atoms with Crippen LogP contribution in [0.2, 0.25) is 0 Å². The summed E-state index contributed by atoms with van der Waals surface area (Å²) in [5.41, 5.74) is 0. The molecule has 0 bridgehead atoms. The number of hydrogen-bond donors (Lipinski definition) is 0. The van der Waals surface area contributed by atoms with Crippen LogP contribution in [0.15, 0.2) is 0 Å². The third kappa shape index (κ3) is 26.1. The van der Waals surface area contributed by atoms with E-state index in [9.17, 15) is 0 Å². The van der Waals surface area contributed by atoms with Gasteiger partial charge >= 0.3 is 57.5 Å². The third-order valence-electron chi connectivity index (χ3n) is 0. The molecule has 0 aliphatic carbocycles. The van der Waals surface area contributed by atoms with Crippen molar-refractivity contribution in [3.8, 4) is 0 Å². The van der Waals surface area contributed by atoms with Crippen molar-refractivity contribution in [3.63, 3.8) is 0 Å². The normalized spacial score (nSPS) is 0. The van der Waals surface area contributed by atoms with Gasteiger partial charge in [-0.1, -0.05) is 0 Å². The molecule has 0 spiro atoms. The summed E-state index contributed by atoms with van der Waals surface area (Å²) in [6, 6.07) is 0. The van der Waals surface area contributed by atoms with Gasteiger partial charge in [-0.3, -0.25) is 0 Å². The number of hydrogen-bond acceptors (Lipinski definition) is 0. The molecule has 0 aliphatic rings. The quantitative estimate of drug-likeness (QED) is 0.523. The van der Waals surface area contributed by atoms with Crippen molar-refractivity contribution in [2.45, 2.75) is 0 Å². The summed E-state index contributed by atoms with van der Waals surface area (Å²) in [6.45, 7) is 0. The van der Waals surface area contributed by atoms with Crippen LogP contribution in [0.25, 0.3) is 0 Å². The van der Waals surface area contributed by atoms with Gasteiger partial charge in [0.25, 0.3) is 0 Å². The van der Waals surface area contributed by atoms with Crippen LogP contribution in [-0.2, 0) is 36.2 Å². The summed E-state index contributed by atoms with van der Waals surface area (Å²) in [5.74, 6) is 0. The first-order chi connectivity index (χ1) is 0. The molecule has 0 heterocycles. The summed E-state index contributed by atoms with van der Waals surface area (Å²) in [6.07, 6.45) is 0. The Labute approximate surface area is 73.1 Å². The van der Waals surface area contributed by atoms with E-state index in [0.717, 1.165) is 0 Å². The van der Waals surface area contributed by atoms with E-state index >= 15 is 0 Å². The minimum Gasteiger partial charge on any atom is -2.00 e. The van der Waals surface area contributed by atoms with Crippen LogP contribution in [0, 0.1) is 0 Å². The second-order valence-electron chi connectivity index (χ2n) is 0. The van der Waals surface area contributed by atoms with Gasteiger partial charge in [-0.15, -0.1) is 0 Å². The second-order valence-corrected chi connectivity index (χ2v) is 0. The average Bonchev–Trinajstić information content (AvgIpc) is 0. The van der Waals surface area contributed by atoms with Gasteiger partial charge in [0.05, 0.1) is 0 Å². The Morgan fingerprint density at radius 3 is 0.600 bits per heavy atom. The van der Waals surface area contributed by atoms with Crippen molar-refractivity contribution in [2.75, 3.05) is 0 Å². The van der Waals surface area contributed by atoms with E-state index in [1.165, 1.54) is 0 Å². The molecule has 0 atom stereocenters. The monoisotopic (exact) mass is 280 g/mol. The first-order valence-corrected chi connectivity index (χ1v) is 0. The fraction of sp³-hybridized carbons (Fsp3) is 0. The first kappa shape index (κ1) is 71.7. The third-order valence-corrected chi connectivity index (χ3v) is 0. The van der Waals surface area contributed by atoms with Crippen molar-refractivity contribution in [3.05, 3.63) is 0 Å². The Kier molecular flexibility index (Phi) is 599. The van der Waals surface area contributed by atoms with Crippen LogP contribution in [0.1, 0.15) is 0 Å². The first-order valence-electron chi connectivity index (χ1n) is 0. The Balaban J connectivity index is 0. The molecule has 0 aromatic rings. The molecule has 0 saturated heterocycles. The Bertz CT molecular complexity index is 6.85. The van der Waals surface area contributed by atoms with Gasteiger partial charge in [-0.05, 0) is 0 Å². The minimum atomic E-state index is 0. The van der Waals surface area contributed by atoms with E-state index in [-0.39, 0.29) is 74.0 Å². The summed E-state index contributed by atoms with van der Waals surface area (Å²) in [5, 5.41) is 0. The van der Waals surface area contributed by atoms with Crippen molar-refractivity contribution >= 4 is 37.7 Å². The Morgan fingerprint density at radius 1 is 0.600 bits per heavy atom. The molecule has 0 rings (SSSR count). The van der Waals surface area contributed by atoms with Gasteiger partial charge in [-0.25, -0.2) is 0 Å². The predicted octanol–water partition coefficient (Wildman–Crippen LogP) is -0.740. The van der Waals surface area contributed by atoms with Gasteiger partial charge < -0.3 is 16.4 Å². The van der Waals surface area contributed by atoms with Gasteiger partial charge in [-0.2, -0.15) is 0 Å². The zero-order chi connectivity index (χ0) is 0. The SMILES string of the molecule is [Ca+2].[O-2].[O-2].[O-2].[Os+4]. The van der Waals surface area contributed by atoms with Crippen LogP contribution in [0.5, 0.6) is 0 Å². The van der Waals surface area contributed by atoms with Crippen LogP contribution < -0.4 is 0 Å². The molecule has 5 heavy (non-hydrogen) atoms. The molecule has 3 nitrogen and oxygen atoms in total. The van der Waals surface area contributed by atoms with Crippen molar-refractivity contribution in [1.29, 1.82) is 0 Å². The zero-order valence-corrected chi connectivity index (χ0v) is 7.03. The summed E-state index contributed by atoms with van der Waals surface area (Å²) >= 11 is 0. The molecule has 0 N–H and O–H groups in total. The van der Waals surface area contributed by atoms with Crippen LogP contribution in [0.3, 0.4) is 0 Å². The zero-order valence-electron chi connectivity index (χ0n) is 2.29. The molecule has 0 aromatic heterocycles. The fourth-order valence-electron chi connectivity index (χ4n) is 0. The fourth-order valence-corrected chi connectivity index (χ4v) is 0. The van der Waals surface area contributed by atoms with E-state index in [2.05, 4.69) is 0 Å². The molecule has 0 radical (unpaired) electrons. The minimum absolute atomic E-state index is 0. The van der Waals surface area contributed by atoms with Crippen molar-refractivity contribution < 1.29 is 36.2 Å². The number of rotatable bonds is 0. The van der Waals surface area contributed by atoms with Crippen LogP contribution in [-0.4, -0.2) is 37.7 Å². The van der Waals surface area contributed by atoms with Gasteiger partial charge in [0.1, 0.15) is 0 Å². The standard InChI is InChI=1S/Ca.3O.Os/q+2;3*-2;+4. The van der Waals surface area contributed by atoms with E-state index in [0.29, 0.717) is 0 Å². The van der Waals surface area contributed by atoms with E-state index < -0.39 is 0 Å². The van der Waals surface area contributed by atoms with E-state index in [4.69, 9.17) is 0 Å². The molecule has 28 valence electrons. The van der Waals surface area contributed by atoms with Crippen molar-refractivity contribution in [1.82, 2.24) is 0 Å². The molecule has 0 aromatic carbocycles. The molecular formula is CaO3Os. The van der Waals surface area contributed by atoms with Crippen LogP contribution in [0.4, 0.5) is 0 Å². The molecule has 0 amide bonds. The summed E-state index contributed by atoms with van der Waals surface area (Å²) in [4.78, 5) is 0. The van der Waals surface area contributed by atoms with E-state index in [1.54, 1.807) is 0 Å². The second kappa shape index (κ2) is 41.8. The molecule has 0 aliphatic heterocycles. The summed E-state index contributed by atoms with van der Waals surface area (Å²) in [7, 11) is 0. The molecule has 0 fully saturated rings. The topological polar surface area (TPSA) is 85.5 Å². The maximum absolute atomic E-state index is 0. The Hall–Kier alpha value is 1.78. The van der Waals surface area contributed by atoms with Crippen LogP contribution >= 0.6 is 0 Å². The van der Waals surface area contributed by atoms with Gasteiger partial charge in [0, 0.05) is 0 Å². The smallest absolute Gasteiger partial charge is 2.00 e. The molecular weight excluding hydrogens is 278 g/mol. The maximum Gasteiger partial charge on any atom is 4.00 e. The van der Waals surface area contributed by atoms with Gasteiger partial charge in [0.15, 0.2) is 0 Å². The average molecular weight is 278 g/mol. The van der Waals surface area contributed by atoms with E-state index in [1.807, 2.05) is 0 Å². The van der Waals surface area contributed by atoms with Gasteiger partial charge in [0.2, 0.25) is 0 Å². The molecule has 0 unspecified atom stereocenters. The molecule has 0 saturated carbocycles.